The number of hydrogen-bond acceptors (Lipinski definition) is 3. The summed E-state index contributed by atoms with van der Waals surface area (Å²) in [6, 6.07) is 4.38. The smallest absolute Gasteiger partial charge is 0.185 e. The van der Waals surface area contributed by atoms with E-state index in [9.17, 15) is 14.3 Å². The van der Waals surface area contributed by atoms with Crippen LogP contribution >= 0.6 is 24.0 Å². The molecule has 1 aliphatic rings. The molecule has 6 heteroatoms. The molecule has 100 valence electrons. The summed E-state index contributed by atoms with van der Waals surface area (Å²) >= 11 is 5.67. The van der Waals surface area contributed by atoms with Crippen LogP contribution in [0.25, 0.3) is 0 Å². The second-order valence-electron chi connectivity index (χ2n) is 4.35. The number of carbonyl (C=O) groups excluding carboxylic acids is 1. The molecule has 1 aromatic rings. The van der Waals surface area contributed by atoms with E-state index in [0.717, 1.165) is 0 Å². The van der Waals surface area contributed by atoms with Gasteiger partial charge in [0, 0.05) is 5.56 Å². The van der Waals surface area contributed by atoms with Crippen molar-refractivity contribution in [1.82, 2.24) is 0 Å². The maximum absolute atomic E-state index is 13.9. The molecule has 0 aromatic heterocycles. The highest BCUT2D eigenvalue weighted by Crippen LogP contribution is 2.35. The van der Waals surface area contributed by atoms with Crippen molar-refractivity contribution in [3.05, 3.63) is 34.6 Å². The number of nitrogens with two attached hydrogens (primary N) is 1. The fourth-order valence-electron chi connectivity index (χ4n) is 2.24. The van der Waals surface area contributed by atoms with Crippen LogP contribution in [0, 0.1) is 5.82 Å². The third-order valence-corrected chi connectivity index (χ3v) is 3.52. The fraction of sp³-hybridized carbons (Fsp3) is 0.417. The van der Waals surface area contributed by atoms with Gasteiger partial charge in [-0.2, -0.15) is 0 Å². The number of ketones is 1. The molecule has 2 unspecified atom stereocenters. The summed E-state index contributed by atoms with van der Waals surface area (Å²) in [5.74, 6) is -1.22. The number of rotatable bonds is 1. The van der Waals surface area contributed by atoms with Crippen LogP contribution in [0.1, 0.15) is 24.8 Å². The first-order valence-corrected chi connectivity index (χ1v) is 5.80. The zero-order chi connectivity index (χ0) is 12.6. The molecule has 0 spiro atoms. The largest absolute Gasteiger partial charge is 0.385 e. The highest BCUT2D eigenvalue weighted by molar-refractivity contribution is 6.30. The van der Waals surface area contributed by atoms with Crippen LogP contribution < -0.4 is 5.73 Å². The molecule has 3 nitrogen and oxygen atoms in total. The molecule has 1 fully saturated rings. The Balaban J connectivity index is 0.00000162. The predicted molar refractivity (Wildman–Crippen MR) is 69.4 cm³/mol. The van der Waals surface area contributed by atoms with E-state index in [1.54, 1.807) is 6.07 Å². The fourth-order valence-corrected chi connectivity index (χ4v) is 2.42. The van der Waals surface area contributed by atoms with E-state index < -0.39 is 23.2 Å². The van der Waals surface area contributed by atoms with Crippen LogP contribution in [0.2, 0.25) is 5.02 Å². The van der Waals surface area contributed by atoms with Crippen LogP contribution in [0.3, 0.4) is 0 Å². The molecule has 3 N–H and O–H groups in total. The zero-order valence-corrected chi connectivity index (χ0v) is 11.1. The molecule has 0 heterocycles. The Kier molecular flexibility index (Phi) is 4.72. The van der Waals surface area contributed by atoms with Gasteiger partial charge in [0.25, 0.3) is 0 Å². The molecular formula is C12H14Cl2FNO2. The first-order valence-electron chi connectivity index (χ1n) is 5.42. The summed E-state index contributed by atoms with van der Waals surface area (Å²) in [5.41, 5.74) is 4.57. The Labute approximate surface area is 116 Å². The third kappa shape index (κ3) is 2.38. The molecule has 18 heavy (non-hydrogen) atoms. The molecule has 2 atom stereocenters. The molecule has 0 saturated heterocycles. The minimum Gasteiger partial charge on any atom is -0.385 e. The topological polar surface area (TPSA) is 63.3 Å². The van der Waals surface area contributed by atoms with Gasteiger partial charge in [0.1, 0.15) is 17.5 Å². The third-order valence-electron chi connectivity index (χ3n) is 3.22. The lowest BCUT2D eigenvalue weighted by Gasteiger charge is -2.35. The number of carbonyl (C=O) groups is 1. The van der Waals surface area contributed by atoms with Gasteiger partial charge in [-0.15, -0.1) is 12.4 Å². The van der Waals surface area contributed by atoms with E-state index in [1.807, 2.05) is 0 Å². The molecule has 1 aliphatic carbocycles. The van der Waals surface area contributed by atoms with Crippen LogP contribution in [0.5, 0.6) is 0 Å². The SMILES string of the molecule is Cl.NC1(c2cccc(Cl)c2F)CCCC(O)C1=O. The van der Waals surface area contributed by atoms with E-state index in [2.05, 4.69) is 0 Å². The summed E-state index contributed by atoms with van der Waals surface area (Å²) in [6.45, 7) is 0. The monoisotopic (exact) mass is 293 g/mol. The summed E-state index contributed by atoms with van der Waals surface area (Å²) < 4.78 is 13.9. The predicted octanol–water partition coefficient (Wildman–Crippen LogP) is 2.17. The van der Waals surface area contributed by atoms with Gasteiger partial charge in [-0.3, -0.25) is 4.79 Å². The minimum atomic E-state index is -1.47. The number of halogens is 3. The number of hydrogen-bond donors (Lipinski definition) is 2. The summed E-state index contributed by atoms with van der Waals surface area (Å²) in [5, 5.41) is 9.48. The maximum Gasteiger partial charge on any atom is 0.185 e. The standard InChI is InChI=1S/C12H13ClFNO2.ClH/c13-8-4-1-3-7(10(8)14)12(15)6-2-5-9(16)11(12)17;/h1,3-4,9,16H,2,5-6,15H2;1H. The van der Waals surface area contributed by atoms with Gasteiger partial charge in [0.15, 0.2) is 5.78 Å². The van der Waals surface area contributed by atoms with Gasteiger partial charge >= 0.3 is 0 Å². The van der Waals surface area contributed by atoms with Crippen molar-refractivity contribution < 1.29 is 14.3 Å². The second-order valence-corrected chi connectivity index (χ2v) is 4.75. The lowest BCUT2D eigenvalue weighted by atomic mass is 9.75. The van der Waals surface area contributed by atoms with Gasteiger partial charge in [-0.1, -0.05) is 23.7 Å². The van der Waals surface area contributed by atoms with Crippen molar-refractivity contribution in [2.45, 2.75) is 30.9 Å². The number of aliphatic hydroxyl groups excluding tert-OH is 1. The average molecular weight is 294 g/mol. The lowest BCUT2D eigenvalue weighted by molar-refractivity contribution is -0.136. The van der Waals surface area contributed by atoms with E-state index >= 15 is 0 Å². The molecule has 1 saturated carbocycles. The Morgan fingerprint density at radius 3 is 2.83 bits per heavy atom. The van der Waals surface area contributed by atoms with Crippen molar-refractivity contribution in [2.75, 3.05) is 0 Å². The number of benzene rings is 1. The van der Waals surface area contributed by atoms with Crippen molar-refractivity contribution in [3.8, 4) is 0 Å². The molecule has 1 aromatic carbocycles. The Bertz CT molecular complexity index is 469. The van der Waals surface area contributed by atoms with E-state index in [1.165, 1.54) is 12.1 Å². The van der Waals surface area contributed by atoms with Crippen molar-refractivity contribution in [3.63, 3.8) is 0 Å². The molecule has 0 amide bonds. The average Bonchev–Trinajstić information content (AvgIpc) is 2.29. The molecule has 0 bridgehead atoms. The van der Waals surface area contributed by atoms with Gasteiger partial charge < -0.3 is 10.8 Å². The summed E-state index contributed by atoms with van der Waals surface area (Å²) in [7, 11) is 0. The highest BCUT2D eigenvalue weighted by atomic mass is 35.5. The summed E-state index contributed by atoms with van der Waals surface area (Å²) in [4.78, 5) is 11.9. The zero-order valence-electron chi connectivity index (χ0n) is 9.53. The highest BCUT2D eigenvalue weighted by Gasteiger charge is 2.44. The van der Waals surface area contributed by atoms with Gasteiger partial charge in [0.05, 0.1) is 5.02 Å². The van der Waals surface area contributed by atoms with E-state index in [0.29, 0.717) is 19.3 Å². The van der Waals surface area contributed by atoms with Crippen LogP contribution in [0.15, 0.2) is 18.2 Å². The maximum atomic E-state index is 13.9. The van der Waals surface area contributed by atoms with Gasteiger partial charge in [0.2, 0.25) is 0 Å². The minimum absolute atomic E-state index is 0. The molecule has 0 radical (unpaired) electrons. The van der Waals surface area contributed by atoms with Gasteiger partial charge in [-0.25, -0.2) is 4.39 Å². The van der Waals surface area contributed by atoms with Crippen LogP contribution in [-0.2, 0) is 10.3 Å². The van der Waals surface area contributed by atoms with Crippen molar-refractivity contribution in [1.29, 1.82) is 0 Å². The Morgan fingerprint density at radius 2 is 2.17 bits per heavy atom. The number of aliphatic hydroxyl groups is 1. The summed E-state index contributed by atoms with van der Waals surface area (Å²) in [6.07, 6.45) is 0.155. The number of Topliss-reactive ketones (excluding diaryl/α,β-unsaturated/α-hetero) is 1. The van der Waals surface area contributed by atoms with Crippen LogP contribution in [-0.4, -0.2) is 17.0 Å². The second kappa shape index (κ2) is 5.53. The Morgan fingerprint density at radius 1 is 1.50 bits per heavy atom. The Hall–Kier alpha value is -0.680. The normalized spacial score (nSPS) is 27.8. The molecular weight excluding hydrogens is 280 g/mol. The molecule has 0 aliphatic heterocycles. The quantitative estimate of drug-likeness (QED) is 0.834. The molecule has 2 rings (SSSR count). The van der Waals surface area contributed by atoms with Crippen LogP contribution in [0.4, 0.5) is 4.39 Å². The first kappa shape index (κ1) is 15.4. The van der Waals surface area contributed by atoms with Gasteiger partial charge in [-0.05, 0) is 25.3 Å². The van der Waals surface area contributed by atoms with E-state index in [4.69, 9.17) is 17.3 Å². The van der Waals surface area contributed by atoms with E-state index in [-0.39, 0.29) is 23.0 Å². The lowest BCUT2D eigenvalue weighted by Crippen LogP contribution is -2.53. The van der Waals surface area contributed by atoms with Crippen molar-refractivity contribution in [2.24, 2.45) is 5.73 Å². The first-order chi connectivity index (χ1) is 7.97. The van der Waals surface area contributed by atoms with Crippen molar-refractivity contribution >= 4 is 29.8 Å².